The SMILES string of the molecule is CC1CN(C(=O)CNc2ccccc2C(=O)Nc2ccc(Cl)cc2)CC(C)O1. The zero-order valence-corrected chi connectivity index (χ0v) is 16.7. The first kappa shape index (κ1) is 20.2. The Bertz CT molecular complexity index is 831. The van der Waals surface area contributed by atoms with Crippen LogP contribution in [-0.4, -0.2) is 48.6 Å². The quantitative estimate of drug-likeness (QED) is 0.802. The molecule has 0 spiro atoms. The maximum Gasteiger partial charge on any atom is 0.257 e. The minimum absolute atomic E-state index is 0.0186. The Balaban J connectivity index is 1.64. The van der Waals surface area contributed by atoms with Gasteiger partial charge in [0.1, 0.15) is 0 Å². The Kier molecular flexibility index (Phi) is 6.54. The van der Waals surface area contributed by atoms with Crippen molar-refractivity contribution in [1.82, 2.24) is 4.90 Å². The van der Waals surface area contributed by atoms with E-state index >= 15 is 0 Å². The van der Waals surface area contributed by atoms with Gasteiger partial charge in [-0.2, -0.15) is 0 Å². The van der Waals surface area contributed by atoms with Crippen molar-refractivity contribution in [2.45, 2.75) is 26.1 Å². The van der Waals surface area contributed by atoms with Gasteiger partial charge in [0.05, 0.1) is 24.3 Å². The van der Waals surface area contributed by atoms with E-state index < -0.39 is 0 Å². The van der Waals surface area contributed by atoms with Crippen molar-refractivity contribution in [1.29, 1.82) is 0 Å². The molecule has 2 unspecified atom stereocenters. The van der Waals surface area contributed by atoms with E-state index in [2.05, 4.69) is 10.6 Å². The average Bonchev–Trinajstić information content (AvgIpc) is 2.67. The number of anilines is 2. The molecule has 0 bridgehead atoms. The highest BCUT2D eigenvalue weighted by Crippen LogP contribution is 2.19. The number of hydrogen-bond acceptors (Lipinski definition) is 4. The summed E-state index contributed by atoms with van der Waals surface area (Å²) in [5.74, 6) is -0.276. The second kappa shape index (κ2) is 9.08. The summed E-state index contributed by atoms with van der Waals surface area (Å²) in [5, 5.41) is 6.54. The maximum atomic E-state index is 12.7. The molecule has 1 saturated heterocycles. The molecule has 148 valence electrons. The first-order chi connectivity index (χ1) is 13.4. The normalized spacial score (nSPS) is 19.2. The van der Waals surface area contributed by atoms with Crippen LogP contribution < -0.4 is 10.6 Å². The second-order valence-electron chi connectivity index (χ2n) is 6.92. The third-order valence-electron chi connectivity index (χ3n) is 4.48. The molecule has 28 heavy (non-hydrogen) atoms. The van der Waals surface area contributed by atoms with Gasteiger partial charge in [-0.1, -0.05) is 23.7 Å². The number of para-hydroxylation sites is 1. The van der Waals surface area contributed by atoms with Crippen LogP contribution in [0.1, 0.15) is 24.2 Å². The summed E-state index contributed by atoms with van der Waals surface area (Å²) in [7, 11) is 0. The van der Waals surface area contributed by atoms with Crippen LogP contribution >= 0.6 is 11.6 Å². The highest BCUT2D eigenvalue weighted by atomic mass is 35.5. The lowest BCUT2D eigenvalue weighted by atomic mass is 10.1. The molecule has 1 aliphatic heterocycles. The van der Waals surface area contributed by atoms with E-state index in [1.807, 2.05) is 19.9 Å². The lowest BCUT2D eigenvalue weighted by Gasteiger charge is -2.35. The average molecular weight is 402 g/mol. The van der Waals surface area contributed by atoms with Crippen LogP contribution in [0.5, 0.6) is 0 Å². The van der Waals surface area contributed by atoms with Crippen LogP contribution in [0.3, 0.4) is 0 Å². The van der Waals surface area contributed by atoms with Gasteiger partial charge in [0.15, 0.2) is 0 Å². The fraction of sp³-hybridized carbons (Fsp3) is 0.333. The molecule has 2 atom stereocenters. The number of nitrogens with zero attached hydrogens (tertiary/aromatic N) is 1. The summed E-state index contributed by atoms with van der Waals surface area (Å²) in [4.78, 5) is 27.0. The van der Waals surface area contributed by atoms with Gasteiger partial charge in [-0.15, -0.1) is 0 Å². The zero-order chi connectivity index (χ0) is 20.1. The van der Waals surface area contributed by atoms with Crippen LogP contribution in [0, 0.1) is 0 Å². The Hall–Kier alpha value is -2.57. The molecular formula is C21H24ClN3O3. The van der Waals surface area contributed by atoms with E-state index in [0.717, 1.165) is 0 Å². The molecular weight excluding hydrogens is 378 g/mol. The Morgan fingerprint density at radius 1 is 1.07 bits per heavy atom. The van der Waals surface area contributed by atoms with Crippen LogP contribution in [0.2, 0.25) is 5.02 Å². The van der Waals surface area contributed by atoms with Crippen molar-refractivity contribution >= 4 is 34.8 Å². The molecule has 2 amide bonds. The van der Waals surface area contributed by atoms with E-state index in [1.54, 1.807) is 47.4 Å². The van der Waals surface area contributed by atoms with Crippen molar-refractivity contribution in [2.75, 3.05) is 30.3 Å². The van der Waals surface area contributed by atoms with Crippen LogP contribution in [-0.2, 0) is 9.53 Å². The topological polar surface area (TPSA) is 70.7 Å². The zero-order valence-electron chi connectivity index (χ0n) is 15.9. The van der Waals surface area contributed by atoms with Gasteiger partial charge in [-0.05, 0) is 50.2 Å². The Morgan fingerprint density at radius 3 is 2.39 bits per heavy atom. The van der Waals surface area contributed by atoms with Gasteiger partial charge >= 0.3 is 0 Å². The predicted molar refractivity (Wildman–Crippen MR) is 111 cm³/mol. The highest BCUT2D eigenvalue weighted by molar-refractivity contribution is 6.30. The third-order valence-corrected chi connectivity index (χ3v) is 4.73. The molecule has 6 nitrogen and oxygen atoms in total. The van der Waals surface area contributed by atoms with Gasteiger partial charge < -0.3 is 20.3 Å². The van der Waals surface area contributed by atoms with E-state index in [4.69, 9.17) is 16.3 Å². The lowest BCUT2D eigenvalue weighted by Crippen LogP contribution is -2.49. The molecule has 0 saturated carbocycles. The van der Waals surface area contributed by atoms with Crippen LogP contribution in [0.4, 0.5) is 11.4 Å². The minimum Gasteiger partial charge on any atom is -0.376 e. The smallest absolute Gasteiger partial charge is 0.257 e. The summed E-state index contributed by atoms with van der Waals surface area (Å²) in [6.07, 6.45) is 0.0373. The van der Waals surface area contributed by atoms with E-state index in [0.29, 0.717) is 35.1 Å². The van der Waals surface area contributed by atoms with Crippen molar-refractivity contribution in [3.63, 3.8) is 0 Å². The van der Waals surface area contributed by atoms with Gasteiger partial charge in [0.2, 0.25) is 5.91 Å². The fourth-order valence-corrected chi connectivity index (χ4v) is 3.36. The number of hydrogen-bond donors (Lipinski definition) is 2. The number of halogens is 1. The first-order valence-corrected chi connectivity index (χ1v) is 9.63. The first-order valence-electron chi connectivity index (χ1n) is 9.25. The van der Waals surface area contributed by atoms with Crippen molar-refractivity contribution in [3.8, 4) is 0 Å². The molecule has 2 aromatic rings. The largest absolute Gasteiger partial charge is 0.376 e. The van der Waals surface area contributed by atoms with Crippen molar-refractivity contribution in [2.24, 2.45) is 0 Å². The van der Waals surface area contributed by atoms with Gasteiger partial charge in [0.25, 0.3) is 5.91 Å². The summed E-state index contributed by atoms with van der Waals surface area (Å²) in [5.41, 5.74) is 1.72. The van der Waals surface area contributed by atoms with Gasteiger partial charge in [-0.3, -0.25) is 9.59 Å². The number of amides is 2. The maximum absolute atomic E-state index is 12.7. The number of morpholine rings is 1. The Labute approximate surface area is 169 Å². The summed E-state index contributed by atoms with van der Waals surface area (Å²) >= 11 is 5.88. The molecule has 1 fully saturated rings. The lowest BCUT2D eigenvalue weighted by molar-refractivity contribution is -0.141. The molecule has 0 radical (unpaired) electrons. The van der Waals surface area contributed by atoms with Gasteiger partial charge in [0, 0.05) is 29.5 Å². The highest BCUT2D eigenvalue weighted by Gasteiger charge is 2.25. The fourth-order valence-electron chi connectivity index (χ4n) is 3.23. The van der Waals surface area contributed by atoms with E-state index in [1.165, 1.54) is 0 Å². The van der Waals surface area contributed by atoms with Gasteiger partial charge in [-0.25, -0.2) is 0 Å². The summed E-state index contributed by atoms with van der Waals surface area (Å²) in [6.45, 7) is 5.18. The summed E-state index contributed by atoms with van der Waals surface area (Å²) in [6, 6.07) is 14.0. The third kappa shape index (κ3) is 5.24. The van der Waals surface area contributed by atoms with E-state index in [-0.39, 0.29) is 30.6 Å². The number of nitrogens with one attached hydrogen (secondary N) is 2. The van der Waals surface area contributed by atoms with E-state index in [9.17, 15) is 9.59 Å². The number of benzene rings is 2. The molecule has 2 N–H and O–H groups in total. The molecule has 0 aliphatic carbocycles. The number of rotatable bonds is 5. The number of carbonyl (C=O) groups excluding carboxylic acids is 2. The minimum atomic E-state index is -0.258. The molecule has 0 aromatic heterocycles. The van der Waals surface area contributed by atoms with Crippen molar-refractivity contribution < 1.29 is 14.3 Å². The number of carbonyl (C=O) groups is 2. The molecule has 1 heterocycles. The standard InChI is InChI=1S/C21H24ClN3O3/c1-14-12-25(13-15(2)28-14)20(26)11-23-19-6-4-3-5-18(19)21(27)24-17-9-7-16(22)8-10-17/h3-10,14-15,23H,11-13H2,1-2H3,(H,24,27). The monoisotopic (exact) mass is 401 g/mol. The molecule has 2 aromatic carbocycles. The molecule has 7 heteroatoms. The Morgan fingerprint density at radius 2 is 1.71 bits per heavy atom. The van der Waals surface area contributed by atoms with Crippen molar-refractivity contribution in [3.05, 3.63) is 59.1 Å². The van der Waals surface area contributed by atoms with Crippen LogP contribution in [0.25, 0.3) is 0 Å². The summed E-state index contributed by atoms with van der Waals surface area (Å²) < 4.78 is 5.67. The number of ether oxygens (including phenoxy) is 1. The second-order valence-corrected chi connectivity index (χ2v) is 7.35. The molecule has 1 aliphatic rings. The van der Waals surface area contributed by atoms with Crippen LogP contribution in [0.15, 0.2) is 48.5 Å². The molecule has 3 rings (SSSR count). The predicted octanol–water partition coefficient (Wildman–Crippen LogP) is 3.64.